The largest absolute Gasteiger partial charge is 0.388 e. The van der Waals surface area contributed by atoms with Crippen molar-refractivity contribution in [3.05, 3.63) is 0 Å². The summed E-state index contributed by atoms with van der Waals surface area (Å²) >= 11 is 0. The normalized spacial score (nSPS) is 38.1. The maximum Gasteiger partial charge on any atom is 0.249 e. The van der Waals surface area contributed by atoms with E-state index < -0.39 is 29.3 Å². The fourth-order valence-electron chi connectivity index (χ4n) is 3.83. The first kappa shape index (κ1) is 23.4. The molecule has 0 bridgehead atoms. The van der Waals surface area contributed by atoms with Gasteiger partial charge in [-0.05, 0) is 41.7 Å². The predicted molar refractivity (Wildman–Crippen MR) is 90.4 cm³/mol. The summed E-state index contributed by atoms with van der Waals surface area (Å²) in [5, 5.41) is 35.8. The summed E-state index contributed by atoms with van der Waals surface area (Å²) in [5.74, 6) is -1.23. The summed E-state index contributed by atoms with van der Waals surface area (Å²) in [6.07, 6.45) is -1.23. The lowest BCUT2D eigenvalue weighted by atomic mass is 9.55. The smallest absolute Gasteiger partial charge is 0.249 e. The molecule has 1 heterocycles. The summed E-state index contributed by atoms with van der Waals surface area (Å²) in [6, 6.07) is 0. The Kier molecular flexibility index (Phi) is 8.14. The topological polar surface area (TPSA) is 125 Å². The number of aliphatic hydroxyl groups is 1. The lowest BCUT2D eigenvalue weighted by Crippen LogP contribution is -2.80. The molecule has 1 aliphatic heterocycles. The van der Waals surface area contributed by atoms with Gasteiger partial charge in [-0.15, -0.1) is 0 Å². The molecule has 28 heavy (non-hydrogen) atoms. The van der Waals surface area contributed by atoms with Gasteiger partial charge in [-0.2, -0.15) is 9.78 Å². The van der Waals surface area contributed by atoms with Crippen molar-refractivity contribution in [3.63, 3.8) is 0 Å². The van der Waals surface area contributed by atoms with Crippen molar-refractivity contribution in [2.24, 2.45) is 11.8 Å². The zero-order valence-corrected chi connectivity index (χ0v) is 17.0. The molecule has 0 aromatic heterocycles. The Morgan fingerprint density at radius 2 is 1.68 bits per heavy atom. The molecule has 1 amide bonds. The first-order chi connectivity index (χ1) is 13.3. The summed E-state index contributed by atoms with van der Waals surface area (Å²) in [7, 11) is 0. The van der Waals surface area contributed by atoms with Crippen molar-refractivity contribution < 1.29 is 49.8 Å². The fourth-order valence-corrected chi connectivity index (χ4v) is 3.83. The molecule has 0 aromatic carbocycles. The molecule has 1 spiro atoms. The average molecular weight is 409 g/mol. The van der Waals surface area contributed by atoms with Crippen LogP contribution in [0.5, 0.6) is 0 Å². The SMILES string of the molecule is CCCOOOO[C@H]1[C@@H](O)C2(CC(=O)N2O)[C@H](C)[C@H](C)[C@]1(C)OOOCCC. The molecule has 1 aliphatic carbocycles. The van der Waals surface area contributed by atoms with Crippen LogP contribution in [0.1, 0.15) is 53.9 Å². The van der Waals surface area contributed by atoms with Crippen LogP contribution in [0.25, 0.3) is 0 Å². The Bertz CT molecular complexity index is 522. The quantitative estimate of drug-likeness (QED) is 0.171. The van der Waals surface area contributed by atoms with Crippen molar-refractivity contribution in [1.82, 2.24) is 5.06 Å². The molecule has 2 N–H and O–H groups in total. The van der Waals surface area contributed by atoms with Crippen LogP contribution >= 0.6 is 0 Å². The number of amides is 1. The van der Waals surface area contributed by atoms with Crippen LogP contribution < -0.4 is 0 Å². The van der Waals surface area contributed by atoms with Crippen LogP contribution in [0.3, 0.4) is 0 Å². The van der Waals surface area contributed by atoms with Gasteiger partial charge in [-0.3, -0.25) is 10.0 Å². The van der Waals surface area contributed by atoms with Crippen molar-refractivity contribution >= 4 is 5.91 Å². The second-order valence-corrected chi connectivity index (χ2v) is 7.53. The van der Waals surface area contributed by atoms with Gasteiger partial charge in [0, 0.05) is 0 Å². The van der Waals surface area contributed by atoms with E-state index in [-0.39, 0.29) is 24.9 Å². The third-order valence-corrected chi connectivity index (χ3v) is 5.93. The number of hydrogen-bond donors (Lipinski definition) is 2. The minimum absolute atomic E-state index is 0.0491. The Morgan fingerprint density at radius 3 is 2.21 bits per heavy atom. The Balaban J connectivity index is 2.19. The van der Waals surface area contributed by atoms with E-state index in [4.69, 9.17) is 24.6 Å². The molecular weight excluding hydrogens is 378 g/mol. The zero-order valence-electron chi connectivity index (χ0n) is 17.0. The van der Waals surface area contributed by atoms with Crippen molar-refractivity contribution in [2.45, 2.75) is 77.2 Å². The van der Waals surface area contributed by atoms with E-state index in [0.717, 1.165) is 0 Å². The van der Waals surface area contributed by atoms with Gasteiger partial charge in [0.25, 0.3) is 0 Å². The maximum atomic E-state index is 11.7. The number of hydrogen-bond acceptors (Lipinski definition) is 10. The van der Waals surface area contributed by atoms with E-state index in [1.165, 1.54) is 0 Å². The van der Waals surface area contributed by atoms with Crippen molar-refractivity contribution in [2.75, 3.05) is 13.2 Å². The number of carbonyl (C=O) groups excluding carboxylic acids is 1. The average Bonchev–Trinajstić information content (AvgIpc) is 2.69. The van der Waals surface area contributed by atoms with Crippen LogP contribution in [0.15, 0.2) is 0 Å². The van der Waals surface area contributed by atoms with Gasteiger partial charge >= 0.3 is 0 Å². The maximum absolute atomic E-state index is 11.7. The molecular formula is C17H31NO10. The number of β-lactam (4-membered cyclic amide) rings is 1. The van der Waals surface area contributed by atoms with Crippen molar-refractivity contribution in [1.29, 1.82) is 0 Å². The van der Waals surface area contributed by atoms with E-state index in [2.05, 4.69) is 10.1 Å². The molecule has 11 nitrogen and oxygen atoms in total. The van der Waals surface area contributed by atoms with Gasteiger partial charge in [0.05, 0.1) is 19.6 Å². The molecule has 164 valence electrons. The minimum atomic E-state index is -1.38. The highest BCUT2D eigenvalue weighted by atomic mass is 17.7. The highest BCUT2D eigenvalue weighted by Crippen LogP contribution is 2.54. The lowest BCUT2D eigenvalue weighted by molar-refractivity contribution is -0.658. The molecule has 2 fully saturated rings. The zero-order chi connectivity index (χ0) is 20.9. The number of rotatable bonds is 11. The van der Waals surface area contributed by atoms with Crippen LogP contribution in [-0.4, -0.2) is 57.8 Å². The van der Waals surface area contributed by atoms with Gasteiger partial charge in [0.15, 0.2) is 6.10 Å². The Hall–Kier alpha value is -0.890. The van der Waals surface area contributed by atoms with E-state index in [9.17, 15) is 15.1 Å². The molecule has 2 aliphatic rings. The van der Waals surface area contributed by atoms with E-state index in [1.807, 2.05) is 20.8 Å². The molecule has 2 rings (SSSR count). The summed E-state index contributed by atoms with van der Waals surface area (Å²) in [5.41, 5.74) is -2.52. The van der Waals surface area contributed by atoms with E-state index in [1.54, 1.807) is 13.8 Å². The molecule has 1 unspecified atom stereocenters. The highest BCUT2D eigenvalue weighted by Gasteiger charge is 2.71. The molecule has 1 saturated carbocycles. The molecule has 11 heteroatoms. The summed E-state index contributed by atoms with van der Waals surface area (Å²) in [6.45, 7) is 9.63. The van der Waals surface area contributed by atoms with Gasteiger partial charge in [-0.1, -0.05) is 32.7 Å². The third-order valence-electron chi connectivity index (χ3n) is 5.93. The van der Waals surface area contributed by atoms with Gasteiger partial charge < -0.3 is 5.11 Å². The minimum Gasteiger partial charge on any atom is -0.388 e. The van der Waals surface area contributed by atoms with Crippen LogP contribution in [0.2, 0.25) is 0 Å². The standard InChI is InChI=1S/C17H31NO10/c1-6-8-22-26-25-16(5)11(3)12(4)17(10-13(19)18(17)21)14(20)15(16)24-28-27-23-9-7-2/h11-12,14-15,20-21H,6-10H2,1-5H3/t11-,12+,14+,15-,16-,17?/m0/s1. The third kappa shape index (κ3) is 4.04. The second-order valence-electron chi connectivity index (χ2n) is 7.53. The molecule has 1 saturated heterocycles. The number of aliphatic hydroxyl groups excluding tert-OH is 1. The first-order valence-electron chi connectivity index (χ1n) is 9.56. The van der Waals surface area contributed by atoms with Crippen molar-refractivity contribution in [3.8, 4) is 0 Å². The number of hydroxylamine groups is 2. The fraction of sp³-hybridized carbons (Fsp3) is 0.941. The molecule has 0 radical (unpaired) electrons. The van der Waals surface area contributed by atoms with Crippen LogP contribution in [-0.2, 0) is 39.5 Å². The van der Waals surface area contributed by atoms with E-state index in [0.29, 0.717) is 24.5 Å². The van der Waals surface area contributed by atoms with Crippen LogP contribution in [0, 0.1) is 11.8 Å². The summed E-state index contributed by atoms with van der Waals surface area (Å²) in [4.78, 5) is 32.1. The second kappa shape index (κ2) is 9.74. The van der Waals surface area contributed by atoms with Gasteiger partial charge in [0.2, 0.25) is 5.91 Å². The van der Waals surface area contributed by atoms with Crippen LogP contribution in [0.4, 0.5) is 0 Å². The Labute approximate surface area is 163 Å². The highest BCUT2D eigenvalue weighted by molar-refractivity contribution is 5.84. The number of nitrogens with zero attached hydrogens (tertiary/aromatic N) is 1. The van der Waals surface area contributed by atoms with E-state index >= 15 is 0 Å². The number of carbonyl (C=O) groups is 1. The Morgan fingerprint density at radius 1 is 1.07 bits per heavy atom. The van der Waals surface area contributed by atoms with Gasteiger partial charge in [0.1, 0.15) is 17.2 Å². The summed E-state index contributed by atoms with van der Waals surface area (Å²) < 4.78 is 0. The van der Waals surface area contributed by atoms with Gasteiger partial charge in [-0.25, -0.2) is 14.8 Å². The lowest BCUT2D eigenvalue weighted by Gasteiger charge is -2.62. The predicted octanol–water partition coefficient (Wildman–Crippen LogP) is 1.63. The molecule has 6 atom stereocenters. The molecule has 0 aromatic rings. The monoisotopic (exact) mass is 409 g/mol. The first-order valence-corrected chi connectivity index (χ1v) is 9.56.